The standard InChI is InChI=1S/C37H73NO3/c1-3-5-7-9-11-13-15-17-18-19-21-23-25-27-29-31-33-37(41)38-35(34-39)36(40)32-30-28-26-24-22-20-16-14-12-10-8-6-4-2/h22,24,35-36,39-40H,3-21,23,25-34H2,1-2H3,(H,38,41). The zero-order valence-electron chi connectivity index (χ0n) is 27.8. The predicted molar refractivity (Wildman–Crippen MR) is 179 cm³/mol. The molecule has 0 spiro atoms. The zero-order valence-corrected chi connectivity index (χ0v) is 27.8. The van der Waals surface area contributed by atoms with E-state index in [1.165, 1.54) is 141 Å². The van der Waals surface area contributed by atoms with Crippen molar-refractivity contribution in [1.29, 1.82) is 0 Å². The molecule has 3 N–H and O–H groups in total. The third-order valence-corrected chi connectivity index (χ3v) is 8.53. The number of rotatable bonds is 33. The Morgan fingerprint density at radius 2 is 0.927 bits per heavy atom. The number of hydrogen-bond donors (Lipinski definition) is 3. The Labute approximate surface area is 256 Å². The topological polar surface area (TPSA) is 69.6 Å². The van der Waals surface area contributed by atoms with E-state index in [1.807, 2.05) is 0 Å². The summed E-state index contributed by atoms with van der Waals surface area (Å²) in [4.78, 5) is 12.3. The number of unbranched alkanes of at least 4 members (excludes halogenated alkanes) is 24. The van der Waals surface area contributed by atoms with Gasteiger partial charge in [-0.15, -0.1) is 0 Å². The molecule has 0 saturated carbocycles. The van der Waals surface area contributed by atoms with Gasteiger partial charge < -0.3 is 15.5 Å². The Bertz CT molecular complexity index is 550. The van der Waals surface area contributed by atoms with Gasteiger partial charge in [0, 0.05) is 6.42 Å². The first-order chi connectivity index (χ1) is 20.2. The quantitative estimate of drug-likeness (QED) is 0.0535. The number of carbonyl (C=O) groups excluding carboxylic acids is 1. The highest BCUT2D eigenvalue weighted by atomic mass is 16.3. The Hall–Kier alpha value is -0.870. The second kappa shape index (κ2) is 33.6. The lowest BCUT2D eigenvalue weighted by molar-refractivity contribution is -0.123. The fourth-order valence-corrected chi connectivity index (χ4v) is 5.65. The molecule has 0 aromatic rings. The zero-order chi connectivity index (χ0) is 30.1. The van der Waals surface area contributed by atoms with E-state index in [4.69, 9.17) is 0 Å². The molecule has 244 valence electrons. The van der Waals surface area contributed by atoms with Gasteiger partial charge in [0.15, 0.2) is 0 Å². The number of aliphatic hydroxyl groups excluding tert-OH is 2. The Morgan fingerprint density at radius 1 is 0.561 bits per heavy atom. The summed E-state index contributed by atoms with van der Waals surface area (Å²) in [7, 11) is 0. The first-order valence-electron chi connectivity index (χ1n) is 18.4. The molecule has 0 aliphatic rings. The fraction of sp³-hybridized carbons (Fsp3) is 0.919. The maximum absolute atomic E-state index is 12.3. The largest absolute Gasteiger partial charge is 0.394 e. The molecule has 0 saturated heterocycles. The molecule has 0 aliphatic carbocycles. The molecular weight excluding hydrogens is 506 g/mol. The summed E-state index contributed by atoms with van der Waals surface area (Å²) >= 11 is 0. The minimum atomic E-state index is -0.675. The van der Waals surface area contributed by atoms with Crippen LogP contribution in [0.15, 0.2) is 12.2 Å². The molecule has 0 bridgehead atoms. The number of allylic oxidation sites excluding steroid dienone is 2. The predicted octanol–water partition coefficient (Wildman–Crippen LogP) is 10.7. The van der Waals surface area contributed by atoms with Crippen LogP contribution >= 0.6 is 0 Å². The Morgan fingerprint density at radius 3 is 1.34 bits per heavy atom. The van der Waals surface area contributed by atoms with Crippen molar-refractivity contribution in [2.75, 3.05) is 6.61 Å². The minimum absolute atomic E-state index is 0.0400. The van der Waals surface area contributed by atoms with Crippen LogP contribution in [0.3, 0.4) is 0 Å². The van der Waals surface area contributed by atoms with Gasteiger partial charge in [-0.05, 0) is 38.5 Å². The maximum Gasteiger partial charge on any atom is 0.220 e. The van der Waals surface area contributed by atoms with E-state index in [-0.39, 0.29) is 12.5 Å². The second-order valence-corrected chi connectivity index (χ2v) is 12.6. The summed E-state index contributed by atoms with van der Waals surface area (Å²) < 4.78 is 0. The van der Waals surface area contributed by atoms with E-state index in [0.29, 0.717) is 12.8 Å². The van der Waals surface area contributed by atoms with Crippen molar-refractivity contribution >= 4 is 5.91 Å². The Balaban J connectivity index is 3.57. The van der Waals surface area contributed by atoms with Gasteiger partial charge in [0.05, 0.1) is 18.8 Å². The summed E-state index contributed by atoms with van der Waals surface area (Å²) in [5.41, 5.74) is 0. The van der Waals surface area contributed by atoms with Crippen molar-refractivity contribution < 1.29 is 15.0 Å². The first kappa shape index (κ1) is 40.1. The minimum Gasteiger partial charge on any atom is -0.394 e. The van der Waals surface area contributed by atoms with Crippen molar-refractivity contribution in [3.8, 4) is 0 Å². The van der Waals surface area contributed by atoms with Crippen LogP contribution in [-0.2, 0) is 4.79 Å². The van der Waals surface area contributed by atoms with Gasteiger partial charge in [-0.25, -0.2) is 0 Å². The summed E-state index contributed by atoms with van der Waals surface area (Å²) in [6.45, 7) is 4.34. The molecule has 2 atom stereocenters. The van der Waals surface area contributed by atoms with Crippen LogP contribution in [0.5, 0.6) is 0 Å². The summed E-state index contributed by atoms with van der Waals surface area (Å²) in [6, 6.07) is -0.545. The van der Waals surface area contributed by atoms with Crippen LogP contribution in [0, 0.1) is 0 Å². The average molecular weight is 580 g/mol. The number of carbonyl (C=O) groups is 1. The molecule has 0 radical (unpaired) electrons. The molecule has 4 heteroatoms. The molecule has 0 heterocycles. The molecular formula is C37H73NO3. The molecule has 1 amide bonds. The first-order valence-corrected chi connectivity index (χ1v) is 18.4. The molecule has 0 fully saturated rings. The molecule has 41 heavy (non-hydrogen) atoms. The lowest BCUT2D eigenvalue weighted by Crippen LogP contribution is -2.45. The highest BCUT2D eigenvalue weighted by Crippen LogP contribution is 2.15. The summed E-state index contributed by atoms with van der Waals surface area (Å²) in [6.07, 6.45) is 39.8. The normalized spacial score (nSPS) is 13.2. The van der Waals surface area contributed by atoms with Crippen LogP contribution in [-0.4, -0.2) is 34.9 Å². The molecule has 0 aromatic carbocycles. The van der Waals surface area contributed by atoms with E-state index >= 15 is 0 Å². The van der Waals surface area contributed by atoms with E-state index in [1.54, 1.807) is 0 Å². The fourth-order valence-electron chi connectivity index (χ4n) is 5.65. The van der Waals surface area contributed by atoms with E-state index < -0.39 is 12.1 Å². The molecule has 0 aromatic heterocycles. The maximum atomic E-state index is 12.3. The van der Waals surface area contributed by atoms with E-state index in [2.05, 4.69) is 31.3 Å². The van der Waals surface area contributed by atoms with Crippen LogP contribution in [0.2, 0.25) is 0 Å². The van der Waals surface area contributed by atoms with E-state index in [0.717, 1.165) is 32.1 Å². The van der Waals surface area contributed by atoms with Crippen molar-refractivity contribution in [2.45, 2.75) is 212 Å². The van der Waals surface area contributed by atoms with Crippen molar-refractivity contribution in [3.63, 3.8) is 0 Å². The van der Waals surface area contributed by atoms with Gasteiger partial charge in [-0.3, -0.25) is 4.79 Å². The number of amides is 1. The number of aliphatic hydroxyl groups is 2. The van der Waals surface area contributed by atoms with Crippen LogP contribution in [0.4, 0.5) is 0 Å². The second-order valence-electron chi connectivity index (χ2n) is 12.6. The van der Waals surface area contributed by atoms with Gasteiger partial charge in [0.2, 0.25) is 5.91 Å². The van der Waals surface area contributed by atoms with E-state index in [9.17, 15) is 15.0 Å². The van der Waals surface area contributed by atoms with Gasteiger partial charge >= 0.3 is 0 Å². The summed E-state index contributed by atoms with van der Waals surface area (Å²) in [5, 5.41) is 23.0. The molecule has 2 unspecified atom stereocenters. The lowest BCUT2D eigenvalue weighted by Gasteiger charge is -2.22. The average Bonchev–Trinajstić information content (AvgIpc) is 2.97. The third kappa shape index (κ3) is 30.4. The van der Waals surface area contributed by atoms with Crippen LogP contribution < -0.4 is 5.32 Å². The monoisotopic (exact) mass is 580 g/mol. The van der Waals surface area contributed by atoms with Gasteiger partial charge in [0.25, 0.3) is 0 Å². The van der Waals surface area contributed by atoms with Gasteiger partial charge in [0.1, 0.15) is 0 Å². The number of hydrogen-bond acceptors (Lipinski definition) is 3. The van der Waals surface area contributed by atoms with Crippen molar-refractivity contribution in [1.82, 2.24) is 5.32 Å². The SMILES string of the molecule is CCCCCCCCCC=CCCCCC(O)C(CO)NC(=O)CCCCCCCCCCCCCCCCCC. The number of nitrogens with one attached hydrogen (secondary N) is 1. The highest BCUT2D eigenvalue weighted by molar-refractivity contribution is 5.76. The van der Waals surface area contributed by atoms with Gasteiger partial charge in [-0.2, -0.15) is 0 Å². The van der Waals surface area contributed by atoms with Gasteiger partial charge in [-0.1, -0.05) is 167 Å². The molecule has 0 rings (SSSR count). The lowest BCUT2D eigenvalue weighted by atomic mass is 10.0. The van der Waals surface area contributed by atoms with Crippen LogP contribution in [0.1, 0.15) is 200 Å². The molecule has 0 aliphatic heterocycles. The third-order valence-electron chi connectivity index (χ3n) is 8.53. The smallest absolute Gasteiger partial charge is 0.220 e. The Kier molecular flexibility index (Phi) is 32.9. The van der Waals surface area contributed by atoms with Crippen LogP contribution in [0.25, 0.3) is 0 Å². The molecule has 4 nitrogen and oxygen atoms in total. The van der Waals surface area contributed by atoms with Crippen molar-refractivity contribution in [2.24, 2.45) is 0 Å². The summed E-state index contributed by atoms with van der Waals surface area (Å²) in [5.74, 6) is -0.0400. The van der Waals surface area contributed by atoms with Crippen molar-refractivity contribution in [3.05, 3.63) is 12.2 Å². The highest BCUT2D eigenvalue weighted by Gasteiger charge is 2.19.